The number of ether oxygens (including phenoxy) is 1. The normalized spacial score (nSPS) is 11.9. The molecule has 0 bridgehead atoms. The van der Waals surface area contributed by atoms with Crippen LogP contribution in [0.1, 0.15) is 11.7 Å². The van der Waals surface area contributed by atoms with Crippen molar-refractivity contribution in [3.8, 4) is 5.75 Å². The average molecular weight is 271 g/mol. The monoisotopic (exact) mass is 271 g/mol. The molecule has 4 heteroatoms. The van der Waals surface area contributed by atoms with Crippen molar-refractivity contribution in [2.24, 2.45) is 0 Å². The molecule has 0 heterocycles. The van der Waals surface area contributed by atoms with E-state index < -0.39 is 6.10 Å². The van der Waals surface area contributed by atoms with Gasteiger partial charge in [0.1, 0.15) is 5.75 Å². The molecule has 1 unspecified atom stereocenters. The Hall–Kier alpha value is -2.33. The number of hydrogen-bond acceptors (Lipinski definition) is 3. The molecule has 0 saturated heterocycles. The summed E-state index contributed by atoms with van der Waals surface area (Å²) in [4.78, 5) is 14.0. The highest BCUT2D eigenvalue weighted by Gasteiger charge is 2.24. The Kier molecular flexibility index (Phi) is 4.38. The molecule has 20 heavy (non-hydrogen) atoms. The number of carbonyl (C=O) groups excluding carboxylic acids is 1. The van der Waals surface area contributed by atoms with E-state index in [9.17, 15) is 9.90 Å². The fraction of sp³-hybridized carbons (Fsp3) is 0.188. The van der Waals surface area contributed by atoms with Gasteiger partial charge in [-0.3, -0.25) is 4.79 Å². The van der Waals surface area contributed by atoms with Crippen molar-refractivity contribution in [1.82, 2.24) is 0 Å². The third kappa shape index (κ3) is 2.97. The first-order valence-corrected chi connectivity index (χ1v) is 6.28. The number of benzene rings is 2. The second-order valence-corrected chi connectivity index (χ2v) is 4.44. The largest absolute Gasteiger partial charge is 0.508 e. The van der Waals surface area contributed by atoms with Crippen LogP contribution in [0.5, 0.6) is 5.75 Å². The third-order valence-corrected chi connectivity index (χ3v) is 3.11. The van der Waals surface area contributed by atoms with Crippen molar-refractivity contribution in [1.29, 1.82) is 0 Å². The number of anilines is 1. The van der Waals surface area contributed by atoms with E-state index in [0.29, 0.717) is 5.69 Å². The van der Waals surface area contributed by atoms with E-state index in [2.05, 4.69) is 0 Å². The Morgan fingerprint density at radius 1 is 1.15 bits per heavy atom. The molecule has 0 aromatic heterocycles. The molecule has 0 radical (unpaired) electrons. The number of carbonyl (C=O) groups is 1. The first-order chi connectivity index (χ1) is 9.63. The molecule has 0 aliphatic heterocycles. The highest BCUT2D eigenvalue weighted by atomic mass is 16.5. The molecule has 1 amide bonds. The van der Waals surface area contributed by atoms with Gasteiger partial charge in [-0.25, -0.2) is 0 Å². The van der Waals surface area contributed by atoms with Gasteiger partial charge in [-0.1, -0.05) is 36.4 Å². The van der Waals surface area contributed by atoms with Crippen LogP contribution in [0.25, 0.3) is 0 Å². The second-order valence-electron chi connectivity index (χ2n) is 4.44. The number of aromatic hydroxyl groups is 1. The van der Waals surface area contributed by atoms with Gasteiger partial charge in [0, 0.05) is 25.9 Å². The number of phenols is 1. The lowest BCUT2D eigenvalue weighted by Gasteiger charge is -2.23. The quantitative estimate of drug-likeness (QED) is 0.930. The molecule has 104 valence electrons. The lowest BCUT2D eigenvalue weighted by Crippen LogP contribution is -2.32. The molecule has 2 rings (SSSR count). The average Bonchev–Trinajstić information content (AvgIpc) is 2.48. The topological polar surface area (TPSA) is 49.8 Å². The zero-order chi connectivity index (χ0) is 14.5. The molecule has 1 N–H and O–H groups in total. The molecule has 0 saturated carbocycles. The van der Waals surface area contributed by atoms with Gasteiger partial charge in [0.25, 0.3) is 5.91 Å². The van der Waals surface area contributed by atoms with Crippen molar-refractivity contribution >= 4 is 11.6 Å². The van der Waals surface area contributed by atoms with Gasteiger partial charge in [-0.2, -0.15) is 0 Å². The third-order valence-electron chi connectivity index (χ3n) is 3.11. The van der Waals surface area contributed by atoms with E-state index in [0.717, 1.165) is 5.56 Å². The van der Waals surface area contributed by atoms with Crippen LogP contribution in [-0.4, -0.2) is 25.2 Å². The Morgan fingerprint density at radius 2 is 1.85 bits per heavy atom. The van der Waals surface area contributed by atoms with Crippen LogP contribution in [0.2, 0.25) is 0 Å². The zero-order valence-electron chi connectivity index (χ0n) is 11.5. The second kappa shape index (κ2) is 6.21. The van der Waals surface area contributed by atoms with E-state index in [1.54, 1.807) is 25.2 Å². The van der Waals surface area contributed by atoms with E-state index in [1.165, 1.54) is 18.1 Å². The number of rotatable bonds is 4. The molecule has 0 spiro atoms. The molecular weight excluding hydrogens is 254 g/mol. The van der Waals surface area contributed by atoms with E-state index in [1.807, 2.05) is 30.3 Å². The number of amides is 1. The molecule has 1 atom stereocenters. The van der Waals surface area contributed by atoms with Crippen LogP contribution >= 0.6 is 0 Å². The Labute approximate surface area is 118 Å². The van der Waals surface area contributed by atoms with Crippen molar-refractivity contribution in [2.45, 2.75) is 6.10 Å². The molecule has 4 nitrogen and oxygen atoms in total. The minimum absolute atomic E-state index is 0.121. The predicted octanol–water partition coefficient (Wildman–Crippen LogP) is 2.74. The summed E-state index contributed by atoms with van der Waals surface area (Å²) in [6.07, 6.45) is -0.663. The van der Waals surface area contributed by atoms with Gasteiger partial charge in [0.15, 0.2) is 6.10 Å². The maximum atomic E-state index is 12.5. The number of hydrogen-bond donors (Lipinski definition) is 1. The molecule has 0 fully saturated rings. The first-order valence-electron chi connectivity index (χ1n) is 6.28. The predicted molar refractivity (Wildman–Crippen MR) is 77.7 cm³/mol. The van der Waals surface area contributed by atoms with Crippen LogP contribution in [-0.2, 0) is 9.53 Å². The van der Waals surface area contributed by atoms with Gasteiger partial charge >= 0.3 is 0 Å². The molecule has 2 aromatic carbocycles. The van der Waals surface area contributed by atoms with Crippen LogP contribution in [0, 0.1) is 0 Å². The minimum Gasteiger partial charge on any atom is -0.508 e. The Bertz CT molecular complexity index is 583. The van der Waals surface area contributed by atoms with Crippen molar-refractivity contribution in [3.05, 3.63) is 60.2 Å². The maximum absolute atomic E-state index is 12.5. The van der Waals surface area contributed by atoms with Crippen molar-refractivity contribution < 1.29 is 14.6 Å². The lowest BCUT2D eigenvalue weighted by atomic mass is 10.1. The van der Waals surface area contributed by atoms with Gasteiger partial charge in [-0.15, -0.1) is 0 Å². The first kappa shape index (κ1) is 14.1. The highest BCUT2D eigenvalue weighted by molar-refractivity contribution is 5.96. The van der Waals surface area contributed by atoms with Crippen LogP contribution in [0.3, 0.4) is 0 Å². The van der Waals surface area contributed by atoms with Crippen molar-refractivity contribution in [3.63, 3.8) is 0 Å². The van der Waals surface area contributed by atoms with Crippen LogP contribution in [0.15, 0.2) is 54.6 Å². The zero-order valence-corrected chi connectivity index (χ0v) is 11.5. The maximum Gasteiger partial charge on any atom is 0.260 e. The smallest absolute Gasteiger partial charge is 0.260 e. The lowest BCUT2D eigenvalue weighted by molar-refractivity contribution is -0.128. The number of phenolic OH excluding ortho intramolecular Hbond substituents is 1. The Balaban J connectivity index is 2.25. The highest BCUT2D eigenvalue weighted by Crippen LogP contribution is 2.24. The number of methoxy groups -OCH3 is 1. The number of nitrogens with zero attached hydrogens (tertiary/aromatic N) is 1. The summed E-state index contributed by atoms with van der Waals surface area (Å²) in [6.45, 7) is 0. The van der Waals surface area contributed by atoms with Gasteiger partial charge < -0.3 is 14.7 Å². The Morgan fingerprint density at radius 3 is 2.45 bits per heavy atom. The fourth-order valence-electron chi connectivity index (χ4n) is 2.01. The van der Waals surface area contributed by atoms with Crippen LogP contribution < -0.4 is 4.90 Å². The van der Waals surface area contributed by atoms with E-state index in [4.69, 9.17) is 4.74 Å². The van der Waals surface area contributed by atoms with Gasteiger partial charge in [-0.05, 0) is 17.7 Å². The van der Waals surface area contributed by atoms with Crippen molar-refractivity contribution in [2.75, 3.05) is 19.1 Å². The summed E-state index contributed by atoms with van der Waals surface area (Å²) in [6, 6.07) is 15.9. The van der Waals surface area contributed by atoms with Gasteiger partial charge in [0.05, 0.1) is 0 Å². The standard InChI is InChI=1S/C16H17NO3/c1-17(13-9-6-10-14(18)11-13)16(19)15(20-2)12-7-4-3-5-8-12/h3-11,15,18H,1-2H3. The summed E-state index contributed by atoms with van der Waals surface area (Å²) in [5.74, 6) is -0.0693. The fourth-order valence-corrected chi connectivity index (χ4v) is 2.01. The summed E-state index contributed by atoms with van der Waals surface area (Å²) < 4.78 is 5.32. The van der Waals surface area contributed by atoms with Gasteiger partial charge in [0.2, 0.25) is 0 Å². The summed E-state index contributed by atoms with van der Waals surface area (Å²) >= 11 is 0. The van der Waals surface area contributed by atoms with E-state index in [-0.39, 0.29) is 11.7 Å². The SMILES string of the molecule is COC(C(=O)N(C)c1cccc(O)c1)c1ccccc1. The summed E-state index contributed by atoms with van der Waals surface area (Å²) in [7, 11) is 3.16. The molecule has 2 aromatic rings. The minimum atomic E-state index is -0.663. The molecule has 0 aliphatic rings. The molecular formula is C16H17NO3. The van der Waals surface area contributed by atoms with Crippen LogP contribution in [0.4, 0.5) is 5.69 Å². The molecule has 0 aliphatic carbocycles. The summed E-state index contributed by atoms with van der Waals surface area (Å²) in [5.41, 5.74) is 1.42. The van der Waals surface area contributed by atoms with E-state index >= 15 is 0 Å². The number of likely N-dealkylation sites (N-methyl/N-ethyl adjacent to an activating group) is 1. The summed E-state index contributed by atoms with van der Waals surface area (Å²) in [5, 5.41) is 9.49.